The van der Waals surface area contributed by atoms with Gasteiger partial charge in [-0.1, -0.05) is 5.57 Å². The SMILES string of the molecule is COC(=O)CC1=C(C=O)CCC1. The maximum absolute atomic E-state index is 10.9. The summed E-state index contributed by atoms with van der Waals surface area (Å²) < 4.78 is 4.52. The van der Waals surface area contributed by atoms with Gasteiger partial charge in [0.05, 0.1) is 13.5 Å². The Balaban J connectivity index is 2.60. The molecule has 0 saturated heterocycles. The van der Waals surface area contributed by atoms with Crippen LogP contribution < -0.4 is 0 Å². The molecule has 0 atom stereocenters. The molecule has 0 radical (unpaired) electrons. The number of hydrogen-bond acceptors (Lipinski definition) is 3. The fourth-order valence-corrected chi connectivity index (χ4v) is 1.42. The molecule has 3 heteroatoms. The molecule has 66 valence electrons. The number of aldehydes is 1. The summed E-state index contributed by atoms with van der Waals surface area (Å²) in [5.41, 5.74) is 1.75. The quantitative estimate of drug-likeness (QED) is 0.470. The normalized spacial score (nSPS) is 16.4. The average molecular weight is 168 g/mol. The average Bonchev–Trinajstić information content (AvgIpc) is 2.51. The first-order chi connectivity index (χ1) is 5.77. The van der Waals surface area contributed by atoms with Gasteiger partial charge in [-0.2, -0.15) is 0 Å². The van der Waals surface area contributed by atoms with Crippen LogP contribution in [-0.4, -0.2) is 19.4 Å². The molecule has 0 aromatic carbocycles. The summed E-state index contributed by atoms with van der Waals surface area (Å²) in [5.74, 6) is -0.258. The number of rotatable bonds is 3. The first-order valence-corrected chi connectivity index (χ1v) is 4.01. The highest BCUT2D eigenvalue weighted by molar-refractivity contribution is 5.80. The van der Waals surface area contributed by atoms with Crippen molar-refractivity contribution in [3.05, 3.63) is 11.1 Å². The Bertz CT molecular complexity index is 228. The lowest BCUT2D eigenvalue weighted by atomic mass is 10.1. The number of methoxy groups -OCH3 is 1. The second-order valence-electron chi connectivity index (χ2n) is 2.85. The lowest BCUT2D eigenvalue weighted by Crippen LogP contribution is -2.01. The molecule has 0 unspecified atom stereocenters. The number of ether oxygens (including phenoxy) is 1. The van der Waals surface area contributed by atoms with Crippen LogP contribution in [-0.2, 0) is 14.3 Å². The van der Waals surface area contributed by atoms with Crippen molar-refractivity contribution in [3.8, 4) is 0 Å². The molecule has 1 aliphatic rings. The van der Waals surface area contributed by atoms with Crippen LogP contribution in [0.1, 0.15) is 25.7 Å². The molecule has 12 heavy (non-hydrogen) atoms. The Hall–Kier alpha value is -1.12. The monoisotopic (exact) mass is 168 g/mol. The molecule has 1 rings (SSSR count). The van der Waals surface area contributed by atoms with Gasteiger partial charge in [0.2, 0.25) is 0 Å². The minimum absolute atomic E-state index is 0.258. The molecule has 0 bridgehead atoms. The van der Waals surface area contributed by atoms with E-state index in [1.165, 1.54) is 7.11 Å². The van der Waals surface area contributed by atoms with Gasteiger partial charge in [-0.25, -0.2) is 0 Å². The minimum Gasteiger partial charge on any atom is -0.469 e. The molecule has 0 fully saturated rings. The number of esters is 1. The van der Waals surface area contributed by atoms with E-state index in [1.807, 2.05) is 0 Å². The fourth-order valence-electron chi connectivity index (χ4n) is 1.42. The van der Waals surface area contributed by atoms with E-state index in [0.29, 0.717) is 0 Å². The van der Waals surface area contributed by atoms with Crippen molar-refractivity contribution in [1.82, 2.24) is 0 Å². The van der Waals surface area contributed by atoms with E-state index in [1.54, 1.807) is 0 Å². The zero-order valence-corrected chi connectivity index (χ0v) is 7.13. The summed E-state index contributed by atoms with van der Waals surface area (Å²) in [6.45, 7) is 0. The summed E-state index contributed by atoms with van der Waals surface area (Å²) in [6, 6.07) is 0. The van der Waals surface area contributed by atoms with Gasteiger partial charge >= 0.3 is 5.97 Å². The summed E-state index contributed by atoms with van der Waals surface area (Å²) in [7, 11) is 1.36. The molecule has 3 nitrogen and oxygen atoms in total. The van der Waals surface area contributed by atoms with Gasteiger partial charge in [0.15, 0.2) is 0 Å². The van der Waals surface area contributed by atoms with Crippen molar-refractivity contribution in [2.75, 3.05) is 7.11 Å². The third-order valence-corrected chi connectivity index (χ3v) is 2.11. The van der Waals surface area contributed by atoms with Gasteiger partial charge in [0, 0.05) is 0 Å². The maximum Gasteiger partial charge on any atom is 0.309 e. The number of carbonyl (C=O) groups excluding carboxylic acids is 2. The summed E-state index contributed by atoms with van der Waals surface area (Å²) in [5, 5.41) is 0. The molecule has 0 N–H and O–H groups in total. The van der Waals surface area contributed by atoms with Crippen LogP contribution in [0.5, 0.6) is 0 Å². The van der Waals surface area contributed by atoms with Crippen molar-refractivity contribution >= 4 is 12.3 Å². The van der Waals surface area contributed by atoms with E-state index in [4.69, 9.17) is 0 Å². The van der Waals surface area contributed by atoms with Gasteiger partial charge in [-0.3, -0.25) is 9.59 Å². The molecule has 0 aliphatic heterocycles. The third-order valence-electron chi connectivity index (χ3n) is 2.11. The van der Waals surface area contributed by atoms with Crippen LogP contribution in [0.15, 0.2) is 11.1 Å². The largest absolute Gasteiger partial charge is 0.469 e. The van der Waals surface area contributed by atoms with Gasteiger partial charge in [0.1, 0.15) is 6.29 Å². The van der Waals surface area contributed by atoms with Gasteiger partial charge in [-0.05, 0) is 24.8 Å². The molecule has 0 saturated carbocycles. The van der Waals surface area contributed by atoms with Crippen LogP contribution >= 0.6 is 0 Å². The predicted molar refractivity (Wildman–Crippen MR) is 43.6 cm³/mol. The summed E-state index contributed by atoms with van der Waals surface area (Å²) in [6.07, 6.45) is 3.80. The van der Waals surface area contributed by atoms with Crippen molar-refractivity contribution in [3.63, 3.8) is 0 Å². The lowest BCUT2D eigenvalue weighted by molar-refractivity contribution is -0.139. The van der Waals surface area contributed by atoms with Gasteiger partial charge in [-0.15, -0.1) is 0 Å². The molecule has 0 aromatic rings. The zero-order valence-electron chi connectivity index (χ0n) is 7.13. The fraction of sp³-hybridized carbons (Fsp3) is 0.556. The summed E-state index contributed by atoms with van der Waals surface area (Å²) >= 11 is 0. The standard InChI is InChI=1S/C9H12O3/c1-12-9(11)5-7-3-2-4-8(7)6-10/h6H,2-5H2,1H3. The first-order valence-electron chi connectivity index (χ1n) is 4.01. The molecule has 0 amide bonds. The van der Waals surface area contributed by atoms with E-state index < -0.39 is 0 Å². The number of carbonyl (C=O) groups is 2. The molecule has 1 aliphatic carbocycles. The van der Waals surface area contributed by atoms with E-state index >= 15 is 0 Å². The summed E-state index contributed by atoms with van der Waals surface area (Å²) in [4.78, 5) is 21.3. The molecule has 0 heterocycles. The molecule has 0 aromatic heterocycles. The van der Waals surface area contributed by atoms with E-state index in [9.17, 15) is 9.59 Å². The van der Waals surface area contributed by atoms with Crippen molar-refractivity contribution in [1.29, 1.82) is 0 Å². The molecular weight excluding hydrogens is 156 g/mol. The Morgan fingerprint density at radius 3 is 2.92 bits per heavy atom. The van der Waals surface area contributed by atoms with Crippen LogP contribution in [0.25, 0.3) is 0 Å². The number of hydrogen-bond donors (Lipinski definition) is 0. The second-order valence-corrected chi connectivity index (χ2v) is 2.85. The third kappa shape index (κ3) is 1.94. The Kier molecular flexibility index (Phi) is 3.02. The van der Waals surface area contributed by atoms with Crippen molar-refractivity contribution < 1.29 is 14.3 Å². The highest BCUT2D eigenvalue weighted by Crippen LogP contribution is 2.26. The Morgan fingerprint density at radius 2 is 2.33 bits per heavy atom. The topological polar surface area (TPSA) is 43.4 Å². The first kappa shape index (κ1) is 8.97. The second kappa shape index (κ2) is 4.04. The van der Waals surface area contributed by atoms with Gasteiger partial charge in [0.25, 0.3) is 0 Å². The highest BCUT2D eigenvalue weighted by Gasteiger charge is 2.16. The van der Waals surface area contributed by atoms with E-state index in [-0.39, 0.29) is 12.4 Å². The van der Waals surface area contributed by atoms with Crippen molar-refractivity contribution in [2.45, 2.75) is 25.7 Å². The zero-order chi connectivity index (χ0) is 8.97. The van der Waals surface area contributed by atoms with Crippen LogP contribution in [0.2, 0.25) is 0 Å². The smallest absolute Gasteiger partial charge is 0.309 e. The predicted octanol–water partition coefficient (Wildman–Crippen LogP) is 1.23. The number of allylic oxidation sites excluding steroid dienone is 1. The van der Waals surface area contributed by atoms with Gasteiger partial charge < -0.3 is 4.74 Å². The minimum atomic E-state index is -0.258. The molecular formula is C9H12O3. The van der Waals surface area contributed by atoms with E-state index in [2.05, 4.69) is 4.74 Å². The maximum atomic E-state index is 10.9. The van der Waals surface area contributed by atoms with Crippen LogP contribution in [0, 0.1) is 0 Å². The van der Waals surface area contributed by atoms with Crippen LogP contribution in [0.3, 0.4) is 0 Å². The van der Waals surface area contributed by atoms with Crippen molar-refractivity contribution in [2.24, 2.45) is 0 Å². The Labute approximate surface area is 71.4 Å². The Morgan fingerprint density at radius 1 is 1.58 bits per heavy atom. The lowest BCUT2D eigenvalue weighted by Gasteiger charge is -2.00. The van der Waals surface area contributed by atoms with E-state index in [0.717, 1.165) is 36.7 Å². The highest BCUT2D eigenvalue weighted by atomic mass is 16.5. The van der Waals surface area contributed by atoms with Crippen LogP contribution in [0.4, 0.5) is 0 Å². The molecule has 0 spiro atoms.